The van der Waals surface area contributed by atoms with Crippen molar-refractivity contribution in [1.82, 2.24) is 9.99 Å². The molecule has 3 rings (SSSR count). The zero-order valence-electron chi connectivity index (χ0n) is 17.2. The van der Waals surface area contributed by atoms with Gasteiger partial charge in [-0.15, -0.1) is 0 Å². The topological polar surface area (TPSA) is 110 Å². The smallest absolute Gasteiger partial charge is 0.269 e. The minimum Gasteiger partial charge on any atom is -0.455 e. The number of hydrazone groups is 1. The summed E-state index contributed by atoms with van der Waals surface area (Å²) < 4.78 is 12.5. The summed E-state index contributed by atoms with van der Waals surface area (Å²) in [4.78, 5) is 25.0. The SMILES string of the molecule is COCc1c(Br)c(C)n(CC(=O)N/N=C\c2ccc(-c3ccc(Cl)cc3)o2)c(=O)c1C#N. The van der Waals surface area contributed by atoms with Gasteiger partial charge in [-0.2, -0.15) is 10.4 Å². The lowest BCUT2D eigenvalue weighted by atomic mass is 10.1. The zero-order chi connectivity index (χ0) is 23.3. The molecule has 0 saturated heterocycles. The summed E-state index contributed by atoms with van der Waals surface area (Å²) in [5.74, 6) is 0.523. The van der Waals surface area contributed by atoms with E-state index in [1.165, 1.54) is 17.9 Å². The van der Waals surface area contributed by atoms with Crippen molar-refractivity contribution in [2.24, 2.45) is 5.10 Å². The summed E-state index contributed by atoms with van der Waals surface area (Å²) in [6.45, 7) is 1.46. The summed E-state index contributed by atoms with van der Waals surface area (Å²) in [5.41, 5.74) is 3.50. The Hall–Kier alpha value is -3.19. The Morgan fingerprint density at radius 1 is 1.34 bits per heavy atom. The van der Waals surface area contributed by atoms with Crippen molar-refractivity contribution < 1.29 is 13.9 Å². The molecule has 0 aliphatic heterocycles. The third-order valence-electron chi connectivity index (χ3n) is 4.59. The van der Waals surface area contributed by atoms with E-state index in [2.05, 4.69) is 26.5 Å². The predicted octanol–water partition coefficient (Wildman–Crippen LogP) is 4.00. The van der Waals surface area contributed by atoms with Crippen LogP contribution in [0.4, 0.5) is 0 Å². The number of rotatable bonds is 7. The second-order valence-corrected chi connectivity index (χ2v) is 7.92. The minimum atomic E-state index is -0.571. The Bertz CT molecular complexity index is 1270. The van der Waals surface area contributed by atoms with Gasteiger partial charge in [0.05, 0.1) is 12.8 Å². The molecule has 1 amide bonds. The third-order valence-corrected chi connectivity index (χ3v) is 5.89. The molecule has 3 aromatic rings. The molecule has 0 radical (unpaired) electrons. The number of carbonyl (C=O) groups is 1. The fraction of sp³-hybridized carbons (Fsp3) is 0.182. The van der Waals surface area contributed by atoms with E-state index in [9.17, 15) is 14.9 Å². The second kappa shape index (κ2) is 10.4. The fourth-order valence-corrected chi connectivity index (χ4v) is 3.64. The van der Waals surface area contributed by atoms with Gasteiger partial charge in [0.1, 0.15) is 29.7 Å². The number of methoxy groups -OCH3 is 1. The number of pyridine rings is 1. The standard InChI is InChI=1S/C22H18BrClN4O4/c1-13-21(23)18(12-31-2)17(9-25)22(30)28(13)11-20(29)27-26-10-16-7-8-19(32-16)14-3-5-15(24)6-4-14/h3-8,10H,11-12H2,1-2H3,(H,27,29)/b26-10-. The number of furan rings is 1. The number of hydrogen-bond donors (Lipinski definition) is 1. The van der Waals surface area contributed by atoms with Gasteiger partial charge in [-0.3, -0.25) is 9.59 Å². The molecule has 0 aliphatic carbocycles. The molecule has 164 valence electrons. The average molecular weight is 518 g/mol. The van der Waals surface area contributed by atoms with Gasteiger partial charge in [0.25, 0.3) is 11.5 Å². The van der Waals surface area contributed by atoms with Crippen LogP contribution in [-0.4, -0.2) is 23.8 Å². The van der Waals surface area contributed by atoms with Crippen LogP contribution >= 0.6 is 27.5 Å². The van der Waals surface area contributed by atoms with Gasteiger partial charge in [0, 0.05) is 33.4 Å². The van der Waals surface area contributed by atoms with Gasteiger partial charge in [-0.05, 0) is 59.3 Å². The van der Waals surface area contributed by atoms with E-state index in [1.807, 2.05) is 18.2 Å². The lowest BCUT2D eigenvalue weighted by Gasteiger charge is -2.15. The van der Waals surface area contributed by atoms with Crippen molar-refractivity contribution in [2.45, 2.75) is 20.1 Å². The van der Waals surface area contributed by atoms with Crippen molar-refractivity contribution in [3.63, 3.8) is 0 Å². The maximum atomic E-state index is 12.7. The summed E-state index contributed by atoms with van der Waals surface area (Å²) in [6, 6.07) is 12.5. The number of benzene rings is 1. The molecule has 0 atom stereocenters. The van der Waals surface area contributed by atoms with Gasteiger partial charge in [0.2, 0.25) is 0 Å². The van der Waals surface area contributed by atoms with Gasteiger partial charge in [-0.25, -0.2) is 5.43 Å². The maximum Gasteiger partial charge on any atom is 0.269 e. The molecule has 0 bridgehead atoms. The summed E-state index contributed by atoms with van der Waals surface area (Å²) in [6.07, 6.45) is 1.35. The molecule has 10 heteroatoms. The van der Waals surface area contributed by atoms with Crippen LogP contribution in [0.1, 0.15) is 22.6 Å². The van der Waals surface area contributed by atoms with Crippen molar-refractivity contribution >= 4 is 39.7 Å². The first-order chi connectivity index (χ1) is 15.3. The number of halogens is 2. The number of carbonyl (C=O) groups excluding carboxylic acids is 1. The molecule has 0 saturated carbocycles. The van der Waals surface area contributed by atoms with Crippen molar-refractivity contribution in [3.8, 4) is 17.4 Å². The average Bonchev–Trinajstić information content (AvgIpc) is 3.24. The molecule has 1 N–H and O–H groups in total. The number of amides is 1. The minimum absolute atomic E-state index is 0.0778. The van der Waals surface area contributed by atoms with Crippen LogP contribution < -0.4 is 11.0 Å². The first-order valence-corrected chi connectivity index (χ1v) is 10.5. The van der Waals surface area contributed by atoms with Gasteiger partial charge >= 0.3 is 0 Å². The van der Waals surface area contributed by atoms with Crippen molar-refractivity contribution in [2.75, 3.05) is 7.11 Å². The molecule has 1 aromatic carbocycles. The van der Waals surface area contributed by atoms with E-state index in [-0.39, 0.29) is 18.7 Å². The zero-order valence-corrected chi connectivity index (χ0v) is 19.5. The molecule has 2 heterocycles. The first-order valence-electron chi connectivity index (χ1n) is 9.34. The van der Waals surface area contributed by atoms with Gasteiger partial charge in [0.15, 0.2) is 0 Å². The first kappa shape index (κ1) is 23.5. The summed E-state index contributed by atoms with van der Waals surface area (Å²) in [5, 5.41) is 13.9. The molecule has 0 fully saturated rings. The highest BCUT2D eigenvalue weighted by atomic mass is 79.9. The van der Waals surface area contributed by atoms with Gasteiger partial charge in [-0.1, -0.05) is 11.6 Å². The fourth-order valence-electron chi connectivity index (χ4n) is 2.99. The third kappa shape index (κ3) is 5.16. The van der Waals surface area contributed by atoms with Crippen LogP contribution in [0.15, 0.2) is 55.2 Å². The van der Waals surface area contributed by atoms with E-state index in [0.29, 0.717) is 32.3 Å². The Morgan fingerprint density at radius 3 is 2.72 bits per heavy atom. The number of ether oxygens (including phenoxy) is 1. The highest BCUT2D eigenvalue weighted by Gasteiger charge is 2.19. The van der Waals surface area contributed by atoms with Crippen LogP contribution in [0.2, 0.25) is 5.02 Å². The van der Waals surface area contributed by atoms with Crippen LogP contribution in [-0.2, 0) is 22.7 Å². The highest BCUT2D eigenvalue weighted by molar-refractivity contribution is 9.10. The lowest BCUT2D eigenvalue weighted by molar-refractivity contribution is -0.121. The molecule has 2 aromatic heterocycles. The van der Waals surface area contributed by atoms with Crippen LogP contribution in [0.3, 0.4) is 0 Å². The number of nitriles is 1. The molecule has 0 spiro atoms. The number of nitrogens with one attached hydrogen (secondary N) is 1. The van der Waals surface area contributed by atoms with E-state index < -0.39 is 11.5 Å². The predicted molar refractivity (Wildman–Crippen MR) is 123 cm³/mol. The largest absolute Gasteiger partial charge is 0.455 e. The monoisotopic (exact) mass is 516 g/mol. The van der Waals surface area contributed by atoms with E-state index >= 15 is 0 Å². The normalized spacial score (nSPS) is 11.0. The highest BCUT2D eigenvalue weighted by Crippen LogP contribution is 2.24. The molecular formula is C22H18BrClN4O4. The Balaban J connectivity index is 1.71. The van der Waals surface area contributed by atoms with E-state index in [1.54, 1.807) is 31.2 Å². The summed E-state index contributed by atoms with van der Waals surface area (Å²) >= 11 is 9.27. The van der Waals surface area contributed by atoms with Crippen LogP contribution in [0.5, 0.6) is 0 Å². The second-order valence-electron chi connectivity index (χ2n) is 6.69. The number of hydrogen-bond acceptors (Lipinski definition) is 6. The van der Waals surface area contributed by atoms with E-state index in [4.69, 9.17) is 20.8 Å². The Morgan fingerprint density at radius 2 is 2.06 bits per heavy atom. The van der Waals surface area contributed by atoms with E-state index in [0.717, 1.165) is 5.56 Å². The van der Waals surface area contributed by atoms with Crippen LogP contribution in [0.25, 0.3) is 11.3 Å². The number of nitrogens with zero attached hydrogens (tertiary/aromatic N) is 3. The van der Waals surface area contributed by atoms with Crippen LogP contribution in [0, 0.1) is 18.3 Å². The number of aromatic nitrogens is 1. The quantitative estimate of drug-likeness (QED) is 0.376. The Labute approximate surface area is 197 Å². The molecule has 0 unspecified atom stereocenters. The van der Waals surface area contributed by atoms with Gasteiger partial charge < -0.3 is 13.7 Å². The lowest BCUT2D eigenvalue weighted by Crippen LogP contribution is -2.33. The Kier molecular flexibility index (Phi) is 7.64. The maximum absolute atomic E-state index is 12.7. The van der Waals surface area contributed by atoms with Crippen molar-refractivity contribution in [1.29, 1.82) is 5.26 Å². The molecular weight excluding hydrogens is 500 g/mol. The summed E-state index contributed by atoms with van der Waals surface area (Å²) in [7, 11) is 1.47. The molecule has 0 aliphatic rings. The molecule has 8 nitrogen and oxygen atoms in total. The molecule has 32 heavy (non-hydrogen) atoms. The van der Waals surface area contributed by atoms with Crippen molar-refractivity contribution in [3.05, 3.63) is 78.8 Å².